The zero-order chi connectivity index (χ0) is 26.7. The minimum Gasteiger partial charge on any atom is -0.494 e. The molecule has 37 heavy (non-hydrogen) atoms. The molecule has 2 amide bonds. The molecule has 0 spiro atoms. The van der Waals surface area contributed by atoms with Crippen LogP contribution in [-0.4, -0.2) is 79.8 Å². The Labute approximate surface area is 215 Å². The van der Waals surface area contributed by atoms with E-state index in [1.54, 1.807) is 24.3 Å². The number of anilines is 3. The number of nitrogens with one attached hydrogen (secondary N) is 3. The molecule has 1 aromatic carbocycles. The van der Waals surface area contributed by atoms with E-state index in [1.807, 2.05) is 23.5 Å². The zero-order valence-corrected chi connectivity index (χ0v) is 21.0. The summed E-state index contributed by atoms with van der Waals surface area (Å²) in [7, 11) is 7.02. The van der Waals surface area contributed by atoms with Gasteiger partial charge in [-0.15, -0.1) is 10.2 Å². The molecule has 0 radical (unpaired) electrons. The average Bonchev–Trinajstić information content (AvgIpc) is 3.59. The number of carbonyl (C=O) groups is 2. The smallest absolute Gasteiger partial charge is 0.272 e. The van der Waals surface area contributed by atoms with Crippen LogP contribution in [0.1, 0.15) is 35.2 Å². The van der Waals surface area contributed by atoms with E-state index in [1.165, 1.54) is 7.11 Å². The van der Waals surface area contributed by atoms with E-state index < -0.39 is 17.2 Å². The van der Waals surface area contributed by atoms with Crippen molar-refractivity contribution in [1.82, 2.24) is 25.7 Å². The van der Waals surface area contributed by atoms with Gasteiger partial charge >= 0.3 is 0 Å². The number of hydrogen-bond acceptors (Lipinski definition) is 11. The number of aromatic nitrogens is 4. The summed E-state index contributed by atoms with van der Waals surface area (Å²) in [4.78, 5) is 29.6. The molecule has 1 atom stereocenters. The number of ether oxygens (including phenoxy) is 1. The van der Waals surface area contributed by atoms with Gasteiger partial charge in [-0.1, -0.05) is 11.2 Å². The maximum Gasteiger partial charge on any atom is 0.272 e. The van der Waals surface area contributed by atoms with Crippen LogP contribution in [0.4, 0.5) is 17.2 Å². The van der Waals surface area contributed by atoms with Crippen molar-refractivity contribution in [1.29, 1.82) is 0 Å². The normalized spacial score (nSPS) is 14.0. The number of carbonyl (C=O) groups excluding carboxylic acids is 2. The van der Waals surface area contributed by atoms with E-state index in [-0.39, 0.29) is 41.7 Å². The standard InChI is InChI=1S/C21H27B3N8O5/c1-36-16-10(20-28-17(32-37-20)11(25)8-33)3-2-4-12(16)26-13-7-14(27-18(34)9-5-6-9)30-31-15(13)19(35)29-21(22,23)24/h2-4,7,9,11,33H,5-6,8,22-25H2,1H3,(H,29,35)(H2,26,27,30,34)/t11-/m0/s1. The Bertz CT molecular complexity index is 1310. The average molecular weight is 504 g/mol. The molecule has 0 bridgehead atoms. The lowest BCUT2D eigenvalue weighted by atomic mass is 9.49. The Balaban J connectivity index is 1.71. The molecule has 2 aromatic heterocycles. The monoisotopic (exact) mass is 504 g/mol. The van der Waals surface area contributed by atoms with Crippen LogP contribution in [0, 0.1) is 5.92 Å². The first-order chi connectivity index (χ1) is 17.6. The van der Waals surface area contributed by atoms with Gasteiger partial charge in [0.25, 0.3) is 11.8 Å². The van der Waals surface area contributed by atoms with E-state index in [0.29, 0.717) is 22.7 Å². The molecule has 0 unspecified atom stereocenters. The fourth-order valence-corrected chi connectivity index (χ4v) is 3.43. The van der Waals surface area contributed by atoms with Crippen molar-refractivity contribution in [2.24, 2.45) is 11.7 Å². The van der Waals surface area contributed by atoms with Crippen LogP contribution in [0.15, 0.2) is 28.8 Å². The molecule has 1 fully saturated rings. The van der Waals surface area contributed by atoms with Gasteiger partial charge in [0, 0.05) is 12.0 Å². The first-order valence-corrected chi connectivity index (χ1v) is 11.7. The fourth-order valence-electron chi connectivity index (χ4n) is 3.43. The zero-order valence-electron chi connectivity index (χ0n) is 21.0. The largest absolute Gasteiger partial charge is 0.494 e. The lowest BCUT2D eigenvalue weighted by Crippen LogP contribution is -2.50. The molecule has 13 nitrogen and oxygen atoms in total. The number of aliphatic hydroxyl groups excluding tert-OH is 1. The van der Waals surface area contributed by atoms with Gasteiger partial charge in [-0.3, -0.25) is 9.59 Å². The number of para-hydroxylation sites is 1. The molecule has 1 aliphatic rings. The highest BCUT2D eigenvalue weighted by atomic mass is 16.5. The molecule has 6 N–H and O–H groups in total. The first kappa shape index (κ1) is 26.2. The summed E-state index contributed by atoms with van der Waals surface area (Å²) in [6.07, 6.45) is 1.67. The van der Waals surface area contributed by atoms with E-state index in [4.69, 9.17) is 15.0 Å². The van der Waals surface area contributed by atoms with Crippen molar-refractivity contribution in [3.05, 3.63) is 35.8 Å². The van der Waals surface area contributed by atoms with Crippen molar-refractivity contribution in [3.8, 4) is 17.2 Å². The molecule has 3 aromatic rings. The molecular weight excluding hydrogens is 477 g/mol. The molecular formula is C21H27B3N8O5. The molecule has 1 saturated carbocycles. The quantitative estimate of drug-likeness (QED) is 0.190. The second-order valence-corrected chi connectivity index (χ2v) is 9.72. The number of rotatable bonds is 10. The number of aliphatic hydroxyl groups is 1. The van der Waals surface area contributed by atoms with Crippen molar-refractivity contribution in [3.63, 3.8) is 0 Å². The Morgan fingerprint density at radius 3 is 2.68 bits per heavy atom. The third kappa shape index (κ3) is 6.27. The number of nitrogens with two attached hydrogens (primary N) is 1. The summed E-state index contributed by atoms with van der Waals surface area (Å²) in [5, 5.41) is 29.5. The predicted octanol–water partition coefficient (Wildman–Crippen LogP) is -2.14. The van der Waals surface area contributed by atoms with Crippen molar-refractivity contribution in [2.75, 3.05) is 24.4 Å². The third-order valence-electron chi connectivity index (χ3n) is 5.39. The molecule has 4 rings (SSSR count). The van der Waals surface area contributed by atoms with Crippen LogP contribution in [-0.2, 0) is 4.79 Å². The summed E-state index contributed by atoms with van der Waals surface area (Å²) in [6, 6.07) is 5.93. The van der Waals surface area contributed by atoms with Crippen LogP contribution in [0.5, 0.6) is 5.75 Å². The topological polar surface area (TPSA) is 190 Å². The Morgan fingerprint density at radius 2 is 2.03 bits per heavy atom. The van der Waals surface area contributed by atoms with Gasteiger partial charge in [0.1, 0.15) is 23.5 Å². The maximum atomic E-state index is 13.0. The molecule has 0 aliphatic heterocycles. The fraction of sp³-hybridized carbons (Fsp3) is 0.333. The Hall–Kier alpha value is -3.91. The summed E-state index contributed by atoms with van der Waals surface area (Å²) in [5.74, 6) is 0.220. The highest BCUT2D eigenvalue weighted by molar-refractivity contribution is 6.60. The van der Waals surface area contributed by atoms with Gasteiger partial charge < -0.3 is 36.1 Å². The number of amides is 2. The lowest BCUT2D eigenvalue weighted by molar-refractivity contribution is -0.117. The van der Waals surface area contributed by atoms with Crippen LogP contribution < -0.4 is 26.4 Å². The molecule has 16 heteroatoms. The molecule has 0 saturated heterocycles. The maximum absolute atomic E-state index is 13.0. The molecule has 190 valence electrons. The summed E-state index contributed by atoms with van der Waals surface area (Å²) in [6.45, 7) is -0.341. The van der Waals surface area contributed by atoms with Gasteiger partial charge in [-0.2, -0.15) is 4.98 Å². The third-order valence-corrected chi connectivity index (χ3v) is 5.39. The summed E-state index contributed by atoms with van der Waals surface area (Å²) in [5.41, 5.74) is 7.04. The number of methoxy groups -OCH3 is 1. The Kier molecular flexibility index (Phi) is 7.50. The molecule has 2 heterocycles. The number of nitrogens with zero attached hydrogens (tertiary/aromatic N) is 4. The highest BCUT2D eigenvalue weighted by Crippen LogP contribution is 2.38. The van der Waals surface area contributed by atoms with Gasteiger partial charge in [-0.25, -0.2) is 0 Å². The SMILES string of the molecule is BC(B)(B)NC(=O)c1nnc(NC(=O)C2CC2)cc1Nc1cccc(-c2nc([C@@H](N)CO)no2)c1OC. The van der Waals surface area contributed by atoms with Gasteiger partial charge in [-0.05, 0) is 30.2 Å². The predicted molar refractivity (Wildman–Crippen MR) is 143 cm³/mol. The van der Waals surface area contributed by atoms with Gasteiger partial charge in [0.2, 0.25) is 5.91 Å². The van der Waals surface area contributed by atoms with Gasteiger partial charge in [0.15, 0.2) is 23.1 Å². The van der Waals surface area contributed by atoms with Crippen LogP contribution in [0.3, 0.4) is 0 Å². The summed E-state index contributed by atoms with van der Waals surface area (Å²) < 4.78 is 11.0. The van der Waals surface area contributed by atoms with E-state index in [9.17, 15) is 14.7 Å². The van der Waals surface area contributed by atoms with E-state index >= 15 is 0 Å². The van der Waals surface area contributed by atoms with Crippen LogP contribution in [0.25, 0.3) is 11.5 Å². The second kappa shape index (κ2) is 10.6. The minimum atomic E-state index is -0.791. The van der Waals surface area contributed by atoms with Crippen molar-refractivity contribution < 1.29 is 24.0 Å². The summed E-state index contributed by atoms with van der Waals surface area (Å²) >= 11 is 0. The van der Waals surface area contributed by atoms with Crippen molar-refractivity contribution >= 4 is 52.5 Å². The number of benzene rings is 1. The van der Waals surface area contributed by atoms with E-state index in [0.717, 1.165) is 12.8 Å². The van der Waals surface area contributed by atoms with Crippen LogP contribution >= 0.6 is 0 Å². The second-order valence-electron chi connectivity index (χ2n) is 9.72. The minimum absolute atomic E-state index is 0.0285. The lowest BCUT2D eigenvalue weighted by Gasteiger charge is -2.21. The van der Waals surface area contributed by atoms with Gasteiger partial charge in [0.05, 0.1) is 36.7 Å². The van der Waals surface area contributed by atoms with Crippen molar-refractivity contribution in [2.45, 2.75) is 24.1 Å². The number of hydrogen-bond donors (Lipinski definition) is 5. The molecule has 1 aliphatic carbocycles. The van der Waals surface area contributed by atoms with Crippen LogP contribution in [0.2, 0.25) is 0 Å². The Morgan fingerprint density at radius 1 is 1.27 bits per heavy atom. The van der Waals surface area contributed by atoms with E-state index in [2.05, 4.69) is 36.3 Å². The first-order valence-electron chi connectivity index (χ1n) is 11.7. The highest BCUT2D eigenvalue weighted by Gasteiger charge is 2.30.